The van der Waals surface area contributed by atoms with Gasteiger partial charge in [0.1, 0.15) is 17.1 Å². The Bertz CT molecular complexity index is 1570. The first-order chi connectivity index (χ1) is 19.9. The summed E-state index contributed by atoms with van der Waals surface area (Å²) in [6, 6.07) is 8.32. The smallest absolute Gasteiger partial charge is 0.368 e. The van der Waals surface area contributed by atoms with Gasteiger partial charge in [-0.05, 0) is 51.2 Å². The van der Waals surface area contributed by atoms with Crippen LogP contribution in [0.2, 0.25) is 5.02 Å². The van der Waals surface area contributed by atoms with E-state index < -0.39 is 23.5 Å². The van der Waals surface area contributed by atoms with Gasteiger partial charge < -0.3 is 10.2 Å². The standard InChI is InChI=1S/C28H27ClF4N8O/c1-15-13-39(14-16(2)38(15)3)22-8-7-17(11-19(22)28(31,32)33)36-26-35-12-18-24(37-26)40-10-9-34-27(40)41(25(18)42)23-20(29)5-4-6-21(23)30/h4-8,11-12,15-16H,9-10,13-14H2,1-3H3,(H,35,36,37)/t15-,16+. The Labute approximate surface area is 244 Å². The van der Waals surface area contributed by atoms with E-state index in [1.165, 1.54) is 30.5 Å². The first-order valence-corrected chi connectivity index (χ1v) is 13.7. The number of para-hydroxylation sites is 1. The number of aliphatic imine (C=N–C) groups is 1. The van der Waals surface area contributed by atoms with Crippen molar-refractivity contribution in [2.24, 2.45) is 4.99 Å². The maximum absolute atomic E-state index is 14.8. The number of halogens is 5. The van der Waals surface area contributed by atoms with Crippen LogP contribution in [-0.4, -0.2) is 72.0 Å². The highest BCUT2D eigenvalue weighted by molar-refractivity contribution is 6.38. The summed E-state index contributed by atoms with van der Waals surface area (Å²) < 4.78 is 57.5. The van der Waals surface area contributed by atoms with Crippen molar-refractivity contribution in [3.63, 3.8) is 0 Å². The summed E-state index contributed by atoms with van der Waals surface area (Å²) in [7, 11) is 1.97. The molecule has 1 amide bonds. The number of amides is 1. The monoisotopic (exact) mass is 602 g/mol. The number of anilines is 5. The molecule has 42 heavy (non-hydrogen) atoms. The average molecular weight is 603 g/mol. The van der Waals surface area contributed by atoms with Crippen molar-refractivity contribution in [3.8, 4) is 0 Å². The van der Waals surface area contributed by atoms with Crippen molar-refractivity contribution >= 4 is 52.3 Å². The molecule has 0 bridgehead atoms. The molecule has 0 saturated carbocycles. The van der Waals surface area contributed by atoms with Crippen LogP contribution in [0, 0.1) is 5.82 Å². The van der Waals surface area contributed by atoms with Crippen molar-refractivity contribution in [1.29, 1.82) is 0 Å². The molecule has 2 aromatic carbocycles. The molecule has 0 radical (unpaired) electrons. The molecular formula is C28H27ClF4N8O. The third-order valence-electron chi connectivity index (χ3n) is 7.90. The van der Waals surface area contributed by atoms with E-state index >= 15 is 0 Å². The van der Waals surface area contributed by atoms with Crippen LogP contribution < -0.4 is 20.0 Å². The molecule has 0 unspecified atom stereocenters. The summed E-state index contributed by atoms with van der Waals surface area (Å²) in [5, 5.41) is 2.89. The maximum atomic E-state index is 14.8. The molecule has 3 aliphatic heterocycles. The molecule has 220 valence electrons. The molecule has 6 rings (SSSR count). The number of likely N-dealkylation sites (N-methyl/N-ethyl adjacent to an activating group) is 1. The predicted octanol–water partition coefficient (Wildman–Crippen LogP) is 5.40. The van der Waals surface area contributed by atoms with E-state index in [-0.39, 0.29) is 57.5 Å². The fourth-order valence-electron chi connectivity index (χ4n) is 5.58. The van der Waals surface area contributed by atoms with E-state index in [0.29, 0.717) is 26.2 Å². The SMILES string of the molecule is C[C@@H]1CN(c2ccc(Nc3ncc4c(n3)N3CCN=C3N(c3c(F)cccc3Cl)C4=O)cc2C(F)(F)F)C[C@H](C)N1C. The number of hydrogen-bond donors (Lipinski definition) is 1. The number of alkyl halides is 3. The minimum Gasteiger partial charge on any atom is -0.368 e. The highest BCUT2D eigenvalue weighted by atomic mass is 35.5. The zero-order chi connectivity index (χ0) is 29.9. The van der Waals surface area contributed by atoms with Crippen LogP contribution in [0.3, 0.4) is 0 Å². The topological polar surface area (TPSA) is 80.2 Å². The van der Waals surface area contributed by atoms with Gasteiger partial charge in [0.25, 0.3) is 5.91 Å². The van der Waals surface area contributed by atoms with Gasteiger partial charge >= 0.3 is 6.18 Å². The second kappa shape index (κ2) is 10.4. The fourth-order valence-corrected chi connectivity index (χ4v) is 5.83. The third kappa shape index (κ3) is 4.79. The molecule has 9 nitrogen and oxygen atoms in total. The molecule has 1 N–H and O–H groups in total. The van der Waals surface area contributed by atoms with Gasteiger partial charge in [0.2, 0.25) is 11.9 Å². The van der Waals surface area contributed by atoms with Crippen molar-refractivity contribution < 1.29 is 22.4 Å². The van der Waals surface area contributed by atoms with E-state index in [1.54, 1.807) is 15.9 Å². The summed E-state index contributed by atoms with van der Waals surface area (Å²) in [4.78, 5) is 33.2. The number of nitrogens with zero attached hydrogens (tertiary/aromatic N) is 7. The lowest BCUT2D eigenvalue weighted by atomic mass is 10.0. The maximum Gasteiger partial charge on any atom is 0.418 e. The van der Waals surface area contributed by atoms with Crippen LogP contribution in [0.4, 0.5) is 46.4 Å². The van der Waals surface area contributed by atoms with Crippen molar-refractivity contribution in [1.82, 2.24) is 14.9 Å². The summed E-state index contributed by atoms with van der Waals surface area (Å²) in [6.45, 7) is 5.58. The number of fused-ring (bicyclic) bond motifs is 3. The highest BCUT2D eigenvalue weighted by Gasteiger charge is 2.42. The zero-order valence-corrected chi connectivity index (χ0v) is 23.7. The van der Waals surface area contributed by atoms with Crippen LogP contribution >= 0.6 is 11.6 Å². The molecular weight excluding hydrogens is 576 g/mol. The minimum absolute atomic E-state index is 0.00658. The lowest BCUT2D eigenvalue weighted by Gasteiger charge is -2.44. The van der Waals surface area contributed by atoms with Gasteiger partial charge in [0.05, 0.1) is 17.1 Å². The Morgan fingerprint density at radius 1 is 1.10 bits per heavy atom. The number of carbonyl (C=O) groups is 1. The minimum atomic E-state index is -4.59. The Kier molecular flexibility index (Phi) is 6.97. The Hall–Kier alpha value is -3.97. The molecule has 1 saturated heterocycles. The molecule has 0 aliphatic carbocycles. The van der Waals surface area contributed by atoms with Crippen LogP contribution in [0.15, 0.2) is 47.6 Å². The van der Waals surface area contributed by atoms with Crippen molar-refractivity contribution in [2.45, 2.75) is 32.1 Å². The molecule has 0 spiro atoms. The summed E-state index contributed by atoms with van der Waals surface area (Å²) in [5.74, 6) is -0.959. The number of hydrogen-bond acceptors (Lipinski definition) is 8. The normalized spacial score (nSPS) is 20.9. The van der Waals surface area contributed by atoms with Gasteiger partial charge in [-0.15, -0.1) is 0 Å². The van der Waals surface area contributed by atoms with Gasteiger partial charge in [0.15, 0.2) is 5.82 Å². The average Bonchev–Trinajstić information content (AvgIpc) is 3.42. The predicted molar refractivity (Wildman–Crippen MR) is 154 cm³/mol. The molecule has 1 aromatic heterocycles. The highest BCUT2D eigenvalue weighted by Crippen LogP contribution is 2.41. The largest absolute Gasteiger partial charge is 0.418 e. The van der Waals surface area contributed by atoms with Crippen molar-refractivity contribution in [2.75, 3.05) is 53.2 Å². The molecule has 3 aromatic rings. The fraction of sp³-hybridized carbons (Fsp3) is 0.357. The number of rotatable bonds is 4. The van der Waals surface area contributed by atoms with Gasteiger partial charge in [0, 0.05) is 49.3 Å². The molecule has 14 heteroatoms. The Morgan fingerprint density at radius 2 is 1.83 bits per heavy atom. The van der Waals surface area contributed by atoms with E-state index in [4.69, 9.17) is 11.6 Å². The van der Waals surface area contributed by atoms with E-state index in [1.807, 2.05) is 20.9 Å². The molecule has 2 atom stereocenters. The van der Waals surface area contributed by atoms with Gasteiger partial charge in [-0.2, -0.15) is 18.2 Å². The van der Waals surface area contributed by atoms with Crippen molar-refractivity contribution in [3.05, 3.63) is 64.6 Å². The van der Waals surface area contributed by atoms with Gasteiger partial charge in [-0.1, -0.05) is 17.7 Å². The molecule has 4 heterocycles. The van der Waals surface area contributed by atoms with Gasteiger partial charge in [-0.3, -0.25) is 19.6 Å². The third-order valence-corrected chi connectivity index (χ3v) is 8.20. The Balaban J connectivity index is 1.32. The summed E-state index contributed by atoms with van der Waals surface area (Å²) in [5.41, 5.74) is -0.576. The second-order valence-corrected chi connectivity index (χ2v) is 11.0. The number of benzene rings is 2. The van der Waals surface area contributed by atoms with Crippen LogP contribution in [-0.2, 0) is 6.18 Å². The molecule has 3 aliphatic rings. The van der Waals surface area contributed by atoms with E-state index in [9.17, 15) is 22.4 Å². The number of aromatic nitrogens is 2. The van der Waals surface area contributed by atoms with Gasteiger partial charge in [-0.25, -0.2) is 14.3 Å². The first-order valence-electron chi connectivity index (χ1n) is 13.4. The molecule has 1 fully saturated rings. The van der Waals surface area contributed by atoms with Crippen LogP contribution in [0.25, 0.3) is 0 Å². The summed E-state index contributed by atoms with van der Waals surface area (Å²) in [6.07, 6.45) is -3.33. The quantitative estimate of drug-likeness (QED) is 0.401. The number of guanidine groups is 1. The lowest BCUT2D eigenvalue weighted by Crippen LogP contribution is -2.55. The van der Waals surface area contributed by atoms with Crippen LogP contribution in [0.5, 0.6) is 0 Å². The van der Waals surface area contributed by atoms with E-state index in [0.717, 1.165) is 11.0 Å². The zero-order valence-electron chi connectivity index (χ0n) is 23.0. The Morgan fingerprint density at radius 3 is 2.52 bits per heavy atom. The lowest BCUT2D eigenvalue weighted by molar-refractivity contribution is -0.137. The van der Waals surface area contributed by atoms with E-state index in [2.05, 4.69) is 25.2 Å². The van der Waals surface area contributed by atoms with Crippen LogP contribution in [0.1, 0.15) is 29.8 Å². The summed E-state index contributed by atoms with van der Waals surface area (Å²) >= 11 is 6.25. The number of nitrogens with one attached hydrogen (secondary N) is 1. The number of carbonyl (C=O) groups excluding carboxylic acids is 1. The first kappa shape index (κ1) is 28.2. The second-order valence-electron chi connectivity index (χ2n) is 10.6. The number of piperazine rings is 1.